The third-order valence-electron chi connectivity index (χ3n) is 5.70. The van der Waals surface area contributed by atoms with E-state index in [2.05, 4.69) is 20.4 Å². The Morgan fingerprint density at radius 3 is 2.75 bits per heavy atom. The molecule has 0 aliphatic carbocycles. The normalized spacial score (nSPS) is 22.4. The summed E-state index contributed by atoms with van der Waals surface area (Å²) in [5.74, 6) is -0.111. The molecule has 0 radical (unpaired) electrons. The summed E-state index contributed by atoms with van der Waals surface area (Å²) in [5.41, 5.74) is 6.00. The molecule has 2 atom stereocenters. The average molecular weight is 388 g/mol. The summed E-state index contributed by atoms with van der Waals surface area (Å²) < 4.78 is 22.2. The van der Waals surface area contributed by atoms with E-state index in [9.17, 15) is 9.18 Å². The van der Waals surface area contributed by atoms with Gasteiger partial charge >= 0.3 is 0 Å². The second-order valence-corrected chi connectivity index (χ2v) is 7.49. The Hall–Kier alpha value is -2.39. The van der Waals surface area contributed by atoms with Gasteiger partial charge in [-0.2, -0.15) is 0 Å². The molecule has 1 amide bonds. The summed E-state index contributed by atoms with van der Waals surface area (Å²) >= 11 is 0. The van der Waals surface area contributed by atoms with Crippen LogP contribution in [-0.4, -0.2) is 56.8 Å². The number of ether oxygens (including phenoxy) is 1. The average Bonchev–Trinajstić information content (AvgIpc) is 3.37. The van der Waals surface area contributed by atoms with Crippen LogP contribution in [0.3, 0.4) is 0 Å². The summed E-state index contributed by atoms with van der Waals surface area (Å²) in [7, 11) is 0. The van der Waals surface area contributed by atoms with Gasteiger partial charge in [0.15, 0.2) is 5.82 Å². The molecular formula is C19H25FN6O2. The van der Waals surface area contributed by atoms with Crippen molar-refractivity contribution in [1.29, 1.82) is 0 Å². The van der Waals surface area contributed by atoms with Crippen LogP contribution in [-0.2, 0) is 16.1 Å². The predicted octanol–water partition coefficient (Wildman–Crippen LogP) is 1.28. The number of nitrogens with two attached hydrogens (primary N) is 1. The Morgan fingerprint density at radius 2 is 2.07 bits per heavy atom. The van der Waals surface area contributed by atoms with Gasteiger partial charge in [-0.15, -0.1) is 5.10 Å². The van der Waals surface area contributed by atoms with Crippen molar-refractivity contribution in [3.8, 4) is 0 Å². The molecule has 28 heavy (non-hydrogen) atoms. The molecule has 1 aromatic heterocycles. The summed E-state index contributed by atoms with van der Waals surface area (Å²) in [6.07, 6.45) is 3.36. The van der Waals surface area contributed by atoms with E-state index in [1.54, 1.807) is 16.8 Å². The number of primary amides is 1. The van der Waals surface area contributed by atoms with Crippen LogP contribution >= 0.6 is 0 Å². The fourth-order valence-electron chi connectivity index (χ4n) is 4.16. The molecule has 2 N–H and O–H groups in total. The fourth-order valence-corrected chi connectivity index (χ4v) is 4.16. The first-order chi connectivity index (χ1) is 13.6. The number of likely N-dealkylation sites (tertiary alicyclic amines) is 1. The maximum Gasteiger partial charge on any atom is 0.220 e. The quantitative estimate of drug-likeness (QED) is 0.800. The van der Waals surface area contributed by atoms with E-state index in [1.807, 2.05) is 6.07 Å². The summed E-state index contributed by atoms with van der Waals surface area (Å²) in [6, 6.07) is 6.28. The SMILES string of the molecule is NC(=O)C1CCN(C(c2ccccc2F)c2nnnn2CC2CCCO2)CC1. The van der Waals surface area contributed by atoms with Gasteiger partial charge < -0.3 is 10.5 Å². The lowest BCUT2D eigenvalue weighted by Gasteiger charge is -2.36. The van der Waals surface area contributed by atoms with Crippen LogP contribution in [0.25, 0.3) is 0 Å². The van der Waals surface area contributed by atoms with E-state index in [0.717, 1.165) is 19.4 Å². The van der Waals surface area contributed by atoms with Crippen molar-refractivity contribution in [1.82, 2.24) is 25.1 Å². The minimum Gasteiger partial charge on any atom is -0.376 e. The number of nitrogens with zero attached hydrogens (tertiary/aromatic N) is 5. The van der Waals surface area contributed by atoms with Crippen molar-refractivity contribution in [2.24, 2.45) is 11.7 Å². The number of rotatable bonds is 6. The van der Waals surface area contributed by atoms with E-state index >= 15 is 0 Å². The third-order valence-corrected chi connectivity index (χ3v) is 5.70. The van der Waals surface area contributed by atoms with Crippen LogP contribution in [0.5, 0.6) is 0 Å². The lowest BCUT2D eigenvalue weighted by Crippen LogP contribution is -2.42. The molecule has 150 valence electrons. The molecule has 3 heterocycles. The summed E-state index contributed by atoms with van der Waals surface area (Å²) in [5, 5.41) is 12.3. The fraction of sp³-hybridized carbons (Fsp3) is 0.579. The topological polar surface area (TPSA) is 99.2 Å². The van der Waals surface area contributed by atoms with Crippen LogP contribution in [0.1, 0.15) is 43.1 Å². The van der Waals surface area contributed by atoms with Crippen molar-refractivity contribution in [2.75, 3.05) is 19.7 Å². The molecule has 2 aromatic rings. The largest absolute Gasteiger partial charge is 0.376 e. The van der Waals surface area contributed by atoms with Gasteiger partial charge in [-0.25, -0.2) is 9.07 Å². The Labute approximate surface area is 162 Å². The molecule has 0 spiro atoms. The maximum atomic E-state index is 14.7. The third kappa shape index (κ3) is 3.90. The van der Waals surface area contributed by atoms with Crippen molar-refractivity contribution in [3.05, 3.63) is 41.5 Å². The number of amides is 1. The van der Waals surface area contributed by atoms with Crippen molar-refractivity contribution < 1.29 is 13.9 Å². The number of benzene rings is 1. The van der Waals surface area contributed by atoms with E-state index in [4.69, 9.17) is 10.5 Å². The molecule has 8 nitrogen and oxygen atoms in total. The lowest BCUT2D eigenvalue weighted by atomic mass is 9.93. The van der Waals surface area contributed by atoms with E-state index in [-0.39, 0.29) is 23.7 Å². The Morgan fingerprint density at radius 1 is 1.29 bits per heavy atom. The molecule has 2 unspecified atom stereocenters. The highest BCUT2D eigenvalue weighted by molar-refractivity contribution is 5.76. The van der Waals surface area contributed by atoms with Crippen LogP contribution in [0.2, 0.25) is 0 Å². The standard InChI is InChI=1S/C19H25FN6O2/c20-16-6-2-1-5-15(16)17(25-9-7-13(8-10-25)18(21)27)19-22-23-24-26(19)12-14-4-3-11-28-14/h1-2,5-6,13-14,17H,3-4,7-12H2,(H2,21,27). The number of halogens is 1. The molecule has 9 heteroatoms. The molecule has 2 saturated heterocycles. The highest BCUT2D eigenvalue weighted by atomic mass is 19.1. The van der Waals surface area contributed by atoms with E-state index < -0.39 is 6.04 Å². The Balaban J connectivity index is 1.64. The van der Waals surface area contributed by atoms with Gasteiger partial charge in [0, 0.05) is 18.1 Å². The molecule has 0 bridgehead atoms. The van der Waals surface area contributed by atoms with Crippen molar-refractivity contribution >= 4 is 5.91 Å². The van der Waals surface area contributed by atoms with Gasteiger partial charge in [-0.05, 0) is 55.3 Å². The number of tetrazole rings is 1. The maximum absolute atomic E-state index is 14.7. The lowest BCUT2D eigenvalue weighted by molar-refractivity contribution is -0.123. The zero-order chi connectivity index (χ0) is 19.5. The zero-order valence-corrected chi connectivity index (χ0v) is 15.7. The molecule has 2 fully saturated rings. The number of carbonyl (C=O) groups is 1. The van der Waals surface area contributed by atoms with E-state index in [0.29, 0.717) is 43.9 Å². The van der Waals surface area contributed by atoms with Crippen LogP contribution < -0.4 is 5.73 Å². The van der Waals surface area contributed by atoms with Gasteiger partial charge in [0.25, 0.3) is 0 Å². The number of hydrogen-bond donors (Lipinski definition) is 1. The van der Waals surface area contributed by atoms with Crippen molar-refractivity contribution in [2.45, 2.75) is 44.4 Å². The van der Waals surface area contributed by atoms with Crippen molar-refractivity contribution in [3.63, 3.8) is 0 Å². The number of carbonyl (C=O) groups excluding carboxylic acids is 1. The second-order valence-electron chi connectivity index (χ2n) is 7.49. The minimum absolute atomic E-state index is 0.0733. The van der Waals surface area contributed by atoms with Gasteiger partial charge in [0.1, 0.15) is 11.9 Å². The molecule has 4 rings (SSSR count). The smallest absolute Gasteiger partial charge is 0.220 e. The molecule has 0 saturated carbocycles. The Bertz CT molecular complexity index is 814. The van der Waals surface area contributed by atoms with Gasteiger partial charge in [0.2, 0.25) is 5.91 Å². The predicted molar refractivity (Wildman–Crippen MR) is 98.5 cm³/mol. The number of hydrogen-bond acceptors (Lipinski definition) is 6. The highest BCUT2D eigenvalue weighted by Gasteiger charge is 2.34. The number of piperidine rings is 1. The van der Waals surface area contributed by atoms with Crippen LogP contribution in [0, 0.1) is 11.7 Å². The van der Waals surface area contributed by atoms with Crippen LogP contribution in [0.15, 0.2) is 24.3 Å². The van der Waals surface area contributed by atoms with Crippen LogP contribution in [0.4, 0.5) is 4.39 Å². The monoisotopic (exact) mass is 388 g/mol. The molecular weight excluding hydrogens is 363 g/mol. The second kappa shape index (κ2) is 8.32. The molecule has 2 aliphatic rings. The van der Waals surface area contributed by atoms with E-state index in [1.165, 1.54) is 6.07 Å². The van der Waals surface area contributed by atoms with Gasteiger partial charge in [-0.3, -0.25) is 9.69 Å². The summed E-state index contributed by atoms with van der Waals surface area (Å²) in [4.78, 5) is 13.7. The molecule has 1 aromatic carbocycles. The zero-order valence-electron chi connectivity index (χ0n) is 15.7. The van der Waals surface area contributed by atoms with Gasteiger partial charge in [-0.1, -0.05) is 18.2 Å². The highest BCUT2D eigenvalue weighted by Crippen LogP contribution is 2.33. The minimum atomic E-state index is -0.425. The van der Waals surface area contributed by atoms with Gasteiger partial charge in [0.05, 0.1) is 12.6 Å². The first-order valence-electron chi connectivity index (χ1n) is 9.79. The molecule has 2 aliphatic heterocycles. The first-order valence-corrected chi connectivity index (χ1v) is 9.79. The number of aromatic nitrogens is 4. The first kappa shape index (κ1) is 18.9. The Kier molecular flexibility index (Phi) is 5.63. The summed E-state index contributed by atoms with van der Waals surface area (Å²) in [6.45, 7) is 2.54.